The van der Waals surface area contributed by atoms with Crippen molar-refractivity contribution >= 4 is 29.0 Å². The molecule has 0 saturated heterocycles. The third kappa shape index (κ3) is 4.86. The van der Waals surface area contributed by atoms with Gasteiger partial charge in [0.1, 0.15) is 0 Å². The molecule has 0 fully saturated rings. The van der Waals surface area contributed by atoms with Crippen LogP contribution in [0.4, 0.5) is 0 Å². The highest BCUT2D eigenvalue weighted by Gasteiger charge is 2.14. The van der Waals surface area contributed by atoms with Crippen LogP contribution in [-0.2, 0) is 24.3 Å². The van der Waals surface area contributed by atoms with Crippen molar-refractivity contribution in [1.29, 1.82) is 0 Å². The molecule has 0 unspecified atom stereocenters. The number of hydrogen-bond donors (Lipinski definition) is 1. The second-order valence-corrected chi connectivity index (χ2v) is 7.59. The lowest BCUT2D eigenvalue weighted by Crippen LogP contribution is -2.28. The van der Waals surface area contributed by atoms with Crippen molar-refractivity contribution in [3.05, 3.63) is 68.8 Å². The summed E-state index contributed by atoms with van der Waals surface area (Å²) in [6.45, 7) is 1.12. The molecule has 3 aromatic rings. The average Bonchev–Trinajstić information content (AvgIpc) is 3.28. The number of rotatable bonds is 8. The zero-order valence-corrected chi connectivity index (χ0v) is 16.1. The number of nitrogens with zero attached hydrogens (tertiary/aromatic N) is 3. The predicted octanol–water partition coefficient (Wildman–Crippen LogP) is 2.63. The van der Waals surface area contributed by atoms with E-state index in [0.717, 1.165) is 17.5 Å². The number of aromatic nitrogens is 3. The molecule has 0 atom stereocenters. The van der Waals surface area contributed by atoms with E-state index in [4.69, 9.17) is 0 Å². The molecule has 1 amide bonds. The number of H-pyrrole nitrogens is 1. The van der Waals surface area contributed by atoms with Crippen LogP contribution in [0.5, 0.6) is 0 Å². The molecule has 2 aromatic heterocycles. The van der Waals surface area contributed by atoms with Gasteiger partial charge in [-0.25, -0.2) is 9.89 Å². The molecule has 8 heteroatoms. The quantitative estimate of drug-likeness (QED) is 0.602. The molecule has 1 aromatic carbocycles. The highest BCUT2D eigenvalue weighted by atomic mass is 32.2. The number of amides is 1. The van der Waals surface area contributed by atoms with E-state index in [9.17, 15) is 9.59 Å². The van der Waals surface area contributed by atoms with Gasteiger partial charge in [0.05, 0.1) is 5.75 Å². The fourth-order valence-electron chi connectivity index (χ4n) is 2.48. The van der Waals surface area contributed by atoms with E-state index in [1.807, 2.05) is 47.2 Å². The predicted molar refractivity (Wildman–Crippen MR) is 105 cm³/mol. The first-order valence-electron chi connectivity index (χ1n) is 8.20. The summed E-state index contributed by atoms with van der Waals surface area (Å²) in [5.74, 6) is 0.252. The van der Waals surface area contributed by atoms with Gasteiger partial charge in [0.25, 0.3) is 0 Å². The van der Waals surface area contributed by atoms with E-state index in [0.29, 0.717) is 18.2 Å². The van der Waals surface area contributed by atoms with Gasteiger partial charge in [-0.2, -0.15) is 11.3 Å². The normalized spacial score (nSPS) is 10.8. The maximum absolute atomic E-state index is 12.3. The molecule has 0 bridgehead atoms. The van der Waals surface area contributed by atoms with Crippen LogP contribution in [0.1, 0.15) is 11.1 Å². The third-order valence-electron chi connectivity index (χ3n) is 3.94. The van der Waals surface area contributed by atoms with E-state index in [1.54, 1.807) is 27.9 Å². The Labute approximate surface area is 159 Å². The second kappa shape index (κ2) is 8.86. The Hall–Kier alpha value is -2.32. The van der Waals surface area contributed by atoms with Crippen molar-refractivity contribution in [3.8, 4) is 0 Å². The van der Waals surface area contributed by atoms with E-state index in [-0.39, 0.29) is 17.3 Å². The summed E-state index contributed by atoms with van der Waals surface area (Å²) in [4.78, 5) is 26.0. The van der Waals surface area contributed by atoms with Crippen molar-refractivity contribution < 1.29 is 4.79 Å². The van der Waals surface area contributed by atoms with E-state index in [1.165, 1.54) is 11.8 Å². The summed E-state index contributed by atoms with van der Waals surface area (Å²) in [6, 6.07) is 12.0. The number of hydrogen-bond acceptors (Lipinski definition) is 5. The van der Waals surface area contributed by atoms with Crippen molar-refractivity contribution in [2.75, 3.05) is 12.8 Å². The van der Waals surface area contributed by atoms with Crippen molar-refractivity contribution in [2.24, 2.45) is 0 Å². The number of thiophene rings is 1. The van der Waals surface area contributed by atoms with Crippen LogP contribution in [0.25, 0.3) is 0 Å². The maximum Gasteiger partial charge on any atom is 0.343 e. The van der Waals surface area contributed by atoms with Gasteiger partial charge >= 0.3 is 5.69 Å². The molecule has 2 heterocycles. The van der Waals surface area contributed by atoms with Crippen molar-refractivity contribution in [2.45, 2.75) is 24.7 Å². The second-order valence-electron chi connectivity index (χ2n) is 5.87. The summed E-state index contributed by atoms with van der Waals surface area (Å²) < 4.78 is 1.59. The number of benzene rings is 1. The van der Waals surface area contributed by atoms with Gasteiger partial charge in [0.15, 0.2) is 5.16 Å². The minimum atomic E-state index is -0.248. The van der Waals surface area contributed by atoms with Crippen LogP contribution >= 0.6 is 23.1 Å². The van der Waals surface area contributed by atoms with Crippen LogP contribution in [0.2, 0.25) is 0 Å². The molecule has 0 aliphatic rings. The van der Waals surface area contributed by atoms with Crippen LogP contribution in [0.15, 0.2) is 57.1 Å². The molecule has 0 saturated carbocycles. The molecular formula is C18H20N4O2S2. The van der Waals surface area contributed by atoms with Gasteiger partial charge in [-0.3, -0.25) is 9.36 Å². The standard InChI is InChI=1S/C18H20N4O2S2/c1-21(11-15-8-10-25-12-15)16(23)13-26-18-20-19-17(24)22(18)9-7-14-5-3-2-4-6-14/h2-6,8,10,12H,7,9,11,13H2,1H3,(H,19,24). The third-order valence-corrected chi connectivity index (χ3v) is 5.63. The summed E-state index contributed by atoms with van der Waals surface area (Å²) in [5.41, 5.74) is 2.03. The zero-order chi connectivity index (χ0) is 18.4. The number of aromatic amines is 1. The van der Waals surface area contributed by atoms with Crippen molar-refractivity contribution in [3.63, 3.8) is 0 Å². The number of thioether (sulfide) groups is 1. The lowest BCUT2D eigenvalue weighted by Gasteiger charge is -2.16. The Bertz CT molecular complexity index is 888. The lowest BCUT2D eigenvalue weighted by atomic mass is 10.1. The van der Waals surface area contributed by atoms with Crippen molar-refractivity contribution in [1.82, 2.24) is 19.7 Å². The summed E-state index contributed by atoms with van der Waals surface area (Å²) in [6.07, 6.45) is 0.736. The Morgan fingerprint density at radius 1 is 1.27 bits per heavy atom. The molecule has 3 rings (SSSR count). The average molecular weight is 389 g/mol. The fourth-order valence-corrected chi connectivity index (χ4v) is 4.05. The van der Waals surface area contributed by atoms with Crippen LogP contribution in [0, 0.1) is 0 Å². The molecule has 26 heavy (non-hydrogen) atoms. The van der Waals surface area contributed by atoms with E-state index in [2.05, 4.69) is 10.2 Å². The maximum atomic E-state index is 12.3. The Balaban J connectivity index is 1.56. The summed E-state index contributed by atoms with van der Waals surface area (Å²) >= 11 is 2.90. The van der Waals surface area contributed by atoms with Gasteiger partial charge in [-0.15, -0.1) is 5.10 Å². The Morgan fingerprint density at radius 2 is 2.08 bits per heavy atom. The number of nitrogens with one attached hydrogen (secondary N) is 1. The van der Waals surface area contributed by atoms with E-state index < -0.39 is 0 Å². The molecule has 0 spiro atoms. The SMILES string of the molecule is CN(Cc1ccsc1)C(=O)CSc1n[nH]c(=O)n1CCc1ccccc1. The van der Waals surface area contributed by atoms with Gasteiger partial charge < -0.3 is 4.90 Å². The topological polar surface area (TPSA) is 71.0 Å². The number of aryl methyl sites for hydroxylation is 1. The highest BCUT2D eigenvalue weighted by Crippen LogP contribution is 2.16. The van der Waals surface area contributed by atoms with Gasteiger partial charge in [0, 0.05) is 20.1 Å². The molecule has 0 aliphatic carbocycles. The van der Waals surface area contributed by atoms with E-state index >= 15 is 0 Å². The highest BCUT2D eigenvalue weighted by molar-refractivity contribution is 7.99. The first-order chi connectivity index (χ1) is 12.6. The zero-order valence-electron chi connectivity index (χ0n) is 14.4. The monoisotopic (exact) mass is 388 g/mol. The Kier molecular flexibility index (Phi) is 6.30. The minimum absolute atomic E-state index is 0.00579. The lowest BCUT2D eigenvalue weighted by molar-refractivity contribution is -0.127. The van der Waals surface area contributed by atoms with Gasteiger partial charge in [-0.1, -0.05) is 42.1 Å². The van der Waals surface area contributed by atoms with Crippen LogP contribution < -0.4 is 5.69 Å². The molecule has 6 nitrogen and oxygen atoms in total. The largest absolute Gasteiger partial charge is 0.343 e. The summed E-state index contributed by atoms with van der Waals surface area (Å²) in [5, 5.41) is 11.1. The smallest absolute Gasteiger partial charge is 0.341 e. The first kappa shape index (κ1) is 18.5. The molecular weight excluding hydrogens is 368 g/mol. The van der Waals surface area contributed by atoms with Crippen LogP contribution in [-0.4, -0.2) is 38.4 Å². The number of carbonyl (C=O) groups is 1. The Morgan fingerprint density at radius 3 is 2.81 bits per heavy atom. The van der Waals surface area contributed by atoms with Crippen LogP contribution in [0.3, 0.4) is 0 Å². The molecule has 0 aliphatic heterocycles. The first-order valence-corrected chi connectivity index (χ1v) is 10.1. The molecule has 0 radical (unpaired) electrons. The molecule has 1 N–H and O–H groups in total. The number of carbonyl (C=O) groups excluding carboxylic acids is 1. The minimum Gasteiger partial charge on any atom is -0.341 e. The fraction of sp³-hybridized carbons (Fsp3) is 0.278. The summed E-state index contributed by atoms with van der Waals surface area (Å²) in [7, 11) is 1.79. The van der Waals surface area contributed by atoms with Gasteiger partial charge in [-0.05, 0) is 34.4 Å². The molecule has 136 valence electrons. The van der Waals surface area contributed by atoms with Gasteiger partial charge in [0.2, 0.25) is 5.91 Å².